The molecule has 21 heavy (non-hydrogen) atoms. The van der Waals surface area contributed by atoms with Gasteiger partial charge >= 0.3 is 0 Å². The van der Waals surface area contributed by atoms with E-state index in [0.29, 0.717) is 17.3 Å². The van der Waals surface area contributed by atoms with Crippen LogP contribution in [0.15, 0.2) is 24.3 Å². The molecule has 5 nitrogen and oxygen atoms in total. The summed E-state index contributed by atoms with van der Waals surface area (Å²) in [7, 11) is 6.05. The highest BCUT2D eigenvalue weighted by Crippen LogP contribution is 2.12. The van der Waals surface area contributed by atoms with Crippen molar-refractivity contribution in [2.75, 3.05) is 47.4 Å². The predicted octanol–water partition coefficient (Wildman–Crippen LogP) is 0.554. The molecule has 0 spiro atoms. The van der Waals surface area contributed by atoms with Gasteiger partial charge in [0, 0.05) is 25.2 Å². The molecule has 0 heterocycles. The van der Waals surface area contributed by atoms with Crippen LogP contribution in [0.25, 0.3) is 0 Å². The first-order chi connectivity index (χ1) is 9.88. The molecule has 0 aliphatic rings. The van der Waals surface area contributed by atoms with Crippen molar-refractivity contribution in [2.24, 2.45) is 5.73 Å². The summed E-state index contributed by atoms with van der Waals surface area (Å²) in [5, 5.41) is 9.97. The molecule has 1 atom stereocenters. The lowest BCUT2D eigenvalue weighted by Gasteiger charge is -2.22. The van der Waals surface area contributed by atoms with Crippen LogP contribution in [0, 0.1) is 0 Å². The lowest BCUT2D eigenvalue weighted by molar-refractivity contribution is 0.0746. The first kappa shape index (κ1) is 17.8. The van der Waals surface area contributed by atoms with Crippen molar-refractivity contribution in [1.29, 1.82) is 0 Å². The number of nitrogens with two attached hydrogens (primary N) is 1. The largest absolute Gasteiger partial charge is 0.491 e. The van der Waals surface area contributed by atoms with E-state index in [1.54, 1.807) is 12.1 Å². The Morgan fingerprint density at radius 2 is 1.86 bits per heavy atom. The molecule has 1 rings (SSSR count). The highest BCUT2D eigenvalue weighted by Gasteiger charge is 2.09. The molecule has 0 aromatic heterocycles. The number of thiocarbonyl (C=S) groups is 1. The van der Waals surface area contributed by atoms with Gasteiger partial charge in [0.1, 0.15) is 23.4 Å². The van der Waals surface area contributed by atoms with Gasteiger partial charge in [-0.1, -0.05) is 12.2 Å². The maximum absolute atomic E-state index is 9.97. The lowest BCUT2D eigenvalue weighted by atomic mass is 10.2. The van der Waals surface area contributed by atoms with E-state index in [-0.39, 0.29) is 6.61 Å². The standard InChI is InChI=1S/C15H25N3O2S/c1-17(2)8-9-18(3)10-13(19)11-20-14-6-4-12(5-7-14)15(16)21/h4-7,13,19H,8-11H2,1-3H3,(H2,16,21). The van der Waals surface area contributed by atoms with E-state index >= 15 is 0 Å². The highest BCUT2D eigenvalue weighted by atomic mass is 32.1. The van der Waals surface area contributed by atoms with E-state index < -0.39 is 6.10 Å². The van der Waals surface area contributed by atoms with Gasteiger partial charge in [-0.3, -0.25) is 0 Å². The van der Waals surface area contributed by atoms with Crippen molar-refractivity contribution >= 4 is 17.2 Å². The van der Waals surface area contributed by atoms with Crippen LogP contribution >= 0.6 is 12.2 Å². The van der Waals surface area contributed by atoms with Gasteiger partial charge in [-0.2, -0.15) is 0 Å². The summed E-state index contributed by atoms with van der Waals surface area (Å²) in [4.78, 5) is 4.57. The Balaban J connectivity index is 2.32. The van der Waals surface area contributed by atoms with Crippen LogP contribution in [0.1, 0.15) is 5.56 Å². The average molecular weight is 311 g/mol. The van der Waals surface area contributed by atoms with E-state index in [4.69, 9.17) is 22.7 Å². The number of ether oxygens (including phenoxy) is 1. The zero-order valence-corrected chi connectivity index (χ0v) is 13.8. The third kappa shape index (κ3) is 7.38. The third-order valence-corrected chi connectivity index (χ3v) is 3.27. The second-order valence-corrected chi connectivity index (χ2v) is 5.86. The predicted molar refractivity (Wildman–Crippen MR) is 89.9 cm³/mol. The normalized spacial score (nSPS) is 12.7. The second kappa shape index (κ2) is 8.94. The Morgan fingerprint density at radius 1 is 1.24 bits per heavy atom. The number of aliphatic hydroxyl groups is 1. The molecule has 1 aromatic rings. The first-order valence-corrected chi connectivity index (χ1v) is 7.33. The molecular weight excluding hydrogens is 286 g/mol. The highest BCUT2D eigenvalue weighted by molar-refractivity contribution is 7.80. The summed E-state index contributed by atoms with van der Waals surface area (Å²) in [5.74, 6) is 0.699. The van der Waals surface area contributed by atoms with Crippen molar-refractivity contribution in [3.63, 3.8) is 0 Å². The van der Waals surface area contributed by atoms with Gasteiger partial charge in [0.2, 0.25) is 0 Å². The van der Waals surface area contributed by atoms with Crippen LogP contribution in [-0.2, 0) is 0 Å². The van der Waals surface area contributed by atoms with Crippen molar-refractivity contribution < 1.29 is 9.84 Å². The van der Waals surface area contributed by atoms with Gasteiger partial charge in [-0.05, 0) is 45.4 Å². The molecule has 0 aliphatic heterocycles. The number of likely N-dealkylation sites (N-methyl/N-ethyl adjacent to an activating group) is 2. The summed E-state index contributed by atoms with van der Waals surface area (Å²) in [6.45, 7) is 2.72. The second-order valence-electron chi connectivity index (χ2n) is 5.42. The summed E-state index contributed by atoms with van der Waals surface area (Å²) in [6.07, 6.45) is -0.521. The maximum Gasteiger partial charge on any atom is 0.119 e. The summed E-state index contributed by atoms with van der Waals surface area (Å²) in [5.41, 5.74) is 6.34. The fraction of sp³-hybridized carbons (Fsp3) is 0.533. The molecule has 1 unspecified atom stereocenters. The molecule has 0 saturated heterocycles. The molecule has 0 fully saturated rings. The van der Waals surface area contributed by atoms with Crippen molar-refractivity contribution in [3.05, 3.63) is 29.8 Å². The Morgan fingerprint density at radius 3 is 2.38 bits per heavy atom. The monoisotopic (exact) mass is 311 g/mol. The van der Waals surface area contributed by atoms with Gasteiger partial charge in [-0.15, -0.1) is 0 Å². The number of aliphatic hydroxyl groups excluding tert-OH is 1. The van der Waals surface area contributed by atoms with Gasteiger partial charge in [0.15, 0.2) is 0 Å². The van der Waals surface area contributed by atoms with Crippen LogP contribution < -0.4 is 10.5 Å². The quantitative estimate of drug-likeness (QED) is 0.650. The lowest BCUT2D eigenvalue weighted by Crippen LogP contribution is -2.36. The minimum atomic E-state index is -0.521. The molecule has 0 radical (unpaired) electrons. The van der Waals surface area contributed by atoms with E-state index in [0.717, 1.165) is 18.7 Å². The number of nitrogens with zero attached hydrogens (tertiary/aromatic N) is 2. The fourth-order valence-corrected chi connectivity index (χ4v) is 1.92. The number of rotatable bonds is 9. The Bertz CT molecular complexity index is 437. The van der Waals surface area contributed by atoms with Gasteiger partial charge < -0.3 is 25.4 Å². The van der Waals surface area contributed by atoms with Crippen LogP contribution in [0.2, 0.25) is 0 Å². The molecule has 0 bridgehead atoms. The Kier molecular flexibility index (Phi) is 7.60. The summed E-state index contributed by atoms with van der Waals surface area (Å²) >= 11 is 4.89. The molecule has 6 heteroatoms. The summed E-state index contributed by atoms with van der Waals surface area (Å²) < 4.78 is 5.56. The van der Waals surface area contributed by atoms with E-state index in [9.17, 15) is 5.11 Å². The molecule has 3 N–H and O–H groups in total. The first-order valence-electron chi connectivity index (χ1n) is 6.92. The smallest absolute Gasteiger partial charge is 0.119 e. The zero-order chi connectivity index (χ0) is 15.8. The molecule has 118 valence electrons. The minimum Gasteiger partial charge on any atom is -0.491 e. The van der Waals surface area contributed by atoms with Crippen LogP contribution in [0.4, 0.5) is 0 Å². The van der Waals surface area contributed by atoms with Crippen LogP contribution in [0.3, 0.4) is 0 Å². The van der Waals surface area contributed by atoms with Crippen molar-refractivity contribution in [2.45, 2.75) is 6.10 Å². The minimum absolute atomic E-state index is 0.263. The molecule has 0 saturated carbocycles. The fourth-order valence-electron chi connectivity index (χ4n) is 1.78. The number of hydrogen-bond acceptors (Lipinski definition) is 5. The maximum atomic E-state index is 9.97. The molecule has 1 aromatic carbocycles. The van der Waals surface area contributed by atoms with E-state index in [1.807, 2.05) is 33.3 Å². The number of hydrogen-bond donors (Lipinski definition) is 2. The molecule has 0 amide bonds. The molecular formula is C15H25N3O2S. The van der Waals surface area contributed by atoms with Crippen LogP contribution in [-0.4, -0.2) is 73.4 Å². The zero-order valence-electron chi connectivity index (χ0n) is 13.0. The molecule has 0 aliphatic carbocycles. The van der Waals surface area contributed by atoms with Crippen LogP contribution in [0.5, 0.6) is 5.75 Å². The Hall–Kier alpha value is -1.21. The average Bonchev–Trinajstić information content (AvgIpc) is 2.43. The van der Waals surface area contributed by atoms with Crippen molar-refractivity contribution in [3.8, 4) is 5.75 Å². The van der Waals surface area contributed by atoms with Gasteiger partial charge in [-0.25, -0.2) is 0 Å². The van der Waals surface area contributed by atoms with Crippen molar-refractivity contribution in [1.82, 2.24) is 9.80 Å². The number of benzene rings is 1. The topological polar surface area (TPSA) is 62.0 Å². The van der Waals surface area contributed by atoms with E-state index in [1.165, 1.54) is 0 Å². The van der Waals surface area contributed by atoms with Gasteiger partial charge in [0.05, 0.1) is 0 Å². The third-order valence-electron chi connectivity index (χ3n) is 3.03. The Labute approximate surface area is 132 Å². The SMILES string of the molecule is CN(C)CCN(C)CC(O)COc1ccc(C(N)=S)cc1. The van der Waals surface area contributed by atoms with E-state index in [2.05, 4.69) is 9.80 Å². The summed E-state index contributed by atoms with van der Waals surface area (Å²) in [6, 6.07) is 7.23. The van der Waals surface area contributed by atoms with Gasteiger partial charge in [0.25, 0.3) is 0 Å².